The Morgan fingerprint density at radius 1 is 0.846 bits per heavy atom. The predicted octanol–water partition coefficient (Wildman–Crippen LogP) is 10.0. The van der Waals surface area contributed by atoms with Crippen LogP contribution in [-0.2, 0) is 9.59 Å². The van der Waals surface area contributed by atoms with Gasteiger partial charge in [0.2, 0.25) is 11.7 Å². The van der Waals surface area contributed by atoms with Gasteiger partial charge in [0.05, 0.1) is 39.3 Å². The van der Waals surface area contributed by atoms with Gasteiger partial charge in [-0.25, -0.2) is 4.99 Å². The number of rotatable bonds is 18. The Bertz CT molecular complexity index is 1040. The Labute approximate surface area is 249 Å². The number of amides is 1. The third-order valence-corrected chi connectivity index (χ3v) is 7.83. The largest absolute Gasteiger partial charge is 0.494 e. The zero-order valence-electron chi connectivity index (χ0n) is 23.6. The number of carbonyl (C=O) groups is 2. The van der Waals surface area contributed by atoms with Crippen LogP contribution < -0.4 is 10.1 Å². The smallest absolute Gasteiger partial charge is 0.224 e. The number of Topliss-reactive ketones (excluding diaryl/α,β-unsaturated/α-hetero) is 1. The summed E-state index contributed by atoms with van der Waals surface area (Å²) in [5.74, 6) is -0.240. The molecule has 8 heteroatoms. The Balaban J connectivity index is 1.83. The maximum atomic E-state index is 12.8. The Kier molecular flexibility index (Phi) is 15.8. The summed E-state index contributed by atoms with van der Waals surface area (Å²) in [5.41, 5.74) is 1.69. The van der Waals surface area contributed by atoms with Crippen molar-refractivity contribution in [2.24, 2.45) is 4.99 Å². The number of unbranched alkanes of at least 4 members (excludes halogenated alkanes) is 12. The predicted molar refractivity (Wildman–Crippen MR) is 165 cm³/mol. The quantitative estimate of drug-likeness (QED) is 0.135. The Morgan fingerprint density at radius 2 is 1.36 bits per heavy atom. The summed E-state index contributed by atoms with van der Waals surface area (Å²) in [6, 6.07) is 3.25. The Morgan fingerprint density at radius 3 is 1.85 bits per heavy atom. The van der Waals surface area contributed by atoms with E-state index in [0.717, 1.165) is 19.3 Å². The van der Waals surface area contributed by atoms with Crippen molar-refractivity contribution in [1.29, 1.82) is 0 Å². The van der Waals surface area contributed by atoms with Crippen molar-refractivity contribution in [3.8, 4) is 5.75 Å². The van der Waals surface area contributed by atoms with Gasteiger partial charge in [0.15, 0.2) is 5.75 Å². The van der Waals surface area contributed by atoms with E-state index in [-0.39, 0.29) is 16.6 Å². The lowest BCUT2D eigenvalue weighted by Crippen LogP contribution is -2.31. The number of halogens is 3. The van der Waals surface area contributed by atoms with Crippen LogP contribution in [0.15, 0.2) is 39.5 Å². The van der Waals surface area contributed by atoms with Gasteiger partial charge < -0.3 is 10.1 Å². The molecule has 1 N–H and O–H groups in total. The second-order valence-electron chi connectivity index (χ2n) is 10.0. The fourth-order valence-electron chi connectivity index (χ4n) is 4.65. The van der Waals surface area contributed by atoms with Gasteiger partial charge in [0, 0.05) is 12.0 Å². The van der Waals surface area contributed by atoms with Gasteiger partial charge in [-0.1, -0.05) is 126 Å². The van der Waals surface area contributed by atoms with Crippen molar-refractivity contribution in [2.45, 2.75) is 110 Å². The van der Waals surface area contributed by atoms with E-state index in [1.165, 1.54) is 71.3 Å². The molecule has 39 heavy (non-hydrogen) atoms. The average Bonchev–Trinajstić information content (AvgIpc) is 2.90. The number of allylic oxidation sites excluding steroid dienone is 3. The number of ether oxygens (including phenoxy) is 1. The molecule has 0 fully saturated rings. The van der Waals surface area contributed by atoms with Gasteiger partial charge >= 0.3 is 0 Å². The lowest BCUT2D eigenvalue weighted by Gasteiger charge is -2.18. The van der Waals surface area contributed by atoms with Crippen LogP contribution >= 0.6 is 34.8 Å². The van der Waals surface area contributed by atoms with E-state index in [0.29, 0.717) is 45.6 Å². The SMILES string of the molecule is CCCCCCCCCCCCCCCC(=O)NC1=C/C(=N\c2cc(Cl)c(OC)c(Cl)c2)C(CC)=C(Cl)C1=O. The molecule has 216 valence electrons. The normalized spacial score (nSPS) is 14.7. The monoisotopic (exact) mass is 596 g/mol. The molecule has 0 saturated carbocycles. The van der Waals surface area contributed by atoms with Gasteiger partial charge in [-0.2, -0.15) is 0 Å². The van der Waals surface area contributed by atoms with Crippen LogP contribution in [0.1, 0.15) is 110 Å². The minimum Gasteiger partial charge on any atom is -0.494 e. The number of ketones is 1. The number of nitrogens with zero attached hydrogens (tertiary/aromatic N) is 1. The summed E-state index contributed by atoms with van der Waals surface area (Å²) in [4.78, 5) is 30.0. The molecule has 0 aliphatic heterocycles. The van der Waals surface area contributed by atoms with Crippen LogP contribution in [0.25, 0.3) is 0 Å². The molecule has 0 bridgehead atoms. The number of hydrogen-bond acceptors (Lipinski definition) is 4. The molecule has 0 unspecified atom stereocenters. The summed E-state index contributed by atoms with van der Waals surface area (Å²) in [6.07, 6.45) is 18.6. The second kappa shape index (κ2) is 18.5. The topological polar surface area (TPSA) is 67.8 Å². The molecule has 1 aliphatic carbocycles. The van der Waals surface area contributed by atoms with Gasteiger partial charge in [-0.3, -0.25) is 9.59 Å². The van der Waals surface area contributed by atoms with E-state index < -0.39 is 5.78 Å². The molecule has 1 aliphatic rings. The summed E-state index contributed by atoms with van der Waals surface area (Å²) in [5, 5.41) is 3.44. The number of hydrogen-bond donors (Lipinski definition) is 1. The van der Waals surface area contributed by atoms with Crippen molar-refractivity contribution in [1.82, 2.24) is 5.32 Å². The third kappa shape index (κ3) is 11.3. The van der Waals surface area contributed by atoms with E-state index in [1.54, 1.807) is 18.2 Å². The molecule has 2 rings (SSSR count). The van der Waals surface area contributed by atoms with Crippen molar-refractivity contribution >= 4 is 57.9 Å². The van der Waals surface area contributed by atoms with Crippen molar-refractivity contribution in [3.63, 3.8) is 0 Å². The molecule has 1 aromatic rings. The van der Waals surface area contributed by atoms with Crippen molar-refractivity contribution in [3.05, 3.63) is 44.6 Å². The lowest BCUT2D eigenvalue weighted by atomic mass is 9.97. The van der Waals surface area contributed by atoms with Crippen molar-refractivity contribution < 1.29 is 14.3 Å². The molecule has 0 saturated heterocycles. The number of benzene rings is 1. The molecule has 5 nitrogen and oxygen atoms in total. The van der Waals surface area contributed by atoms with Gasteiger partial charge in [0.1, 0.15) is 0 Å². The maximum Gasteiger partial charge on any atom is 0.224 e. The van der Waals surface area contributed by atoms with E-state index >= 15 is 0 Å². The van der Waals surface area contributed by atoms with Gasteiger partial charge in [0.25, 0.3) is 0 Å². The molecule has 1 amide bonds. The summed E-state index contributed by atoms with van der Waals surface area (Å²) >= 11 is 18.9. The maximum absolute atomic E-state index is 12.8. The first-order valence-corrected chi connectivity index (χ1v) is 15.5. The third-order valence-electron chi connectivity index (χ3n) is 6.87. The molecular weight excluding hydrogens is 555 g/mol. The number of aliphatic imine (C=N–C) groups is 1. The highest BCUT2D eigenvalue weighted by Gasteiger charge is 2.26. The van der Waals surface area contributed by atoms with E-state index in [2.05, 4.69) is 17.2 Å². The number of carbonyl (C=O) groups excluding carboxylic acids is 2. The lowest BCUT2D eigenvalue weighted by molar-refractivity contribution is -0.122. The molecule has 0 aromatic heterocycles. The molecule has 1 aromatic carbocycles. The van der Waals surface area contributed by atoms with E-state index in [1.807, 2.05) is 6.92 Å². The average molecular weight is 598 g/mol. The van der Waals surface area contributed by atoms with Gasteiger partial charge in [-0.05, 0) is 31.1 Å². The van der Waals surface area contributed by atoms with Crippen LogP contribution in [0.3, 0.4) is 0 Å². The summed E-state index contributed by atoms with van der Waals surface area (Å²) in [6.45, 7) is 4.14. The fourth-order valence-corrected chi connectivity index (χ4v) is 5.61. The summed E-state index contributed by atoms with van der Waals surface area (Å²) < 4.78 is 5.20. The first-order chi connectivity index (χ1) is 18.8. The Hall–Kier alpha value is -1.82. The van der Waals surface area contributed by atoms with Crippen LogP contribution in [0.4, 0.5) is 5.69 Å². The molecular formula is C31H43Cl3N2O3. The van der Waals surface area contributed by atoms with Crippen molar-refractivity contribution in [2.75, 3.05) is 7.11 Å². The zero-order chi connectivity index (χ0) is 28.6. The first-order valence-electron chi connectivity index (χ1n) is 14.4. The summed E-state index contributed by atoms with van der Waals surface area (Å²) in [7, 11) is 1.48. The second-order valence-corrected chi connectivity index (χ2v) is 11.2. The van der Waals surface area contributed by atoms with Crippen LogP contribution in [0.2, 0.25) is 10.0 Å². The van der Waals surface area contributed by atoms with E-state index in [9.17, 15) is 9.59 Å². The molecule has 0 radical (unpaired) electrons. The van der Waals surface area contributed by atoms with Crippen LogP contribution in [-0.4, -0.2) is 24.5 Å². The van der Waals surface area contributed by atoms with Gasteiger partial charge in [-0.15, -0.1) is 0 Å². The zero-order valence-corrected chi connectivity index (χ0v) is 25.9. The first kappa shape index (κ1) is 33.4. The molecule has 0 atom stereocenters. The highest BCUT2D eigenvalue weighted by molar-refractivity contribution is 6.49. The standard InChI is InChI=1S/C31H43Cl3N2O3/c1-4-6-7-8-9-10-11-12-13-14-15-16-17-18-28(37)36-27-21-26(23(5-2)29(34)30(27)38)35-22-19-24(32)31(39-3)25(33)20-22/h19-21H,4-18H2,1-3H3,(H,36,37)/b35-26+. The highest BCUT2D eigenvalue weighted by atomic mass is 35.5. The number of nitrogens with one attached hydrogen (secondary N) is 1. The van der Waals surface area contributed by atoms with Crippen LogP contribution in [0.5, 0.6) is 5.75 Å². The minimum absolute atomic E-state index is 0.0562. The fraction of sp³-hybridized carbons (Fsp3) is 0.581. The van der Waals surface area contributed by atoms with E-state index in [4.69, 9.17) is 39.5 Å². The molecule has 0 heterocycles. The van der Waals surface area contributed by atoms with Crippen LogP contribution in [0, 0.1) is 0 Å². The highest BCUT2D eigenvalue weighted by Crippen LogP contribution is 2.37. The minimum atomic E-state index is -0.406. The number of methoxy groups -OCH3 is 1. The molecule has 0 spiro atoms.